The number of carbonyl (C=O) groups is 1. The fourth-order valence-corrected chi connectivity index (χ4v) is 4.36. The Morgan fingerprint density at radius 2 is 1.70 bits per heavy atom. The molecule has 8 heteroatoms. The van der Waals surface area contributed by atoms with E-state index < -0.39 is 15.4 Å². The average Bonchev–Trinajstić information content (AvgIpc) is 3.55. The summed E-state index contributed by atoms with van der Waals surface area (Å²) in [5, 5.41) is 3.05. The second-order valence-electron chi connectivity index (χ2n) is 7.56. The van der Waals surface area contributed by atoms with Crippen molar-refractivity contribution in [3.05, 3.63) is 48.0 Å². The van der Waals surface area contributed by atoms with Gasteiger partial charge in [-0.3, -0.25) is 9.52 Å². The third-order valence-corrected chi connectivity index (χ3v) is 6.91. The van der Waals surface area contributed by atoms with E-state index in [1.54, 1.807) is 18.2 Å². The largest absolute Gasteiger partial charge is 0.493 e. The third kappa shape index (κ3) is 4.38. The Morgan fingerprint density at radius 3 is 2.23 bits per heavy atom. The average molecular weight is 433 g/mol. The molecule has 1 atom stereocenters. The molecule has 0 heterocycles. The minimum absolute atomic E-state index is 0.0375. The van der Waals surface area contributed by atoms with Gasteiger partial charge in [0.25, 0.3) is 10.0 Å². The molecule has 0 saturated heterocycles. The van der Waals surface area contributed by atoms with E-state index in [4.69, 9.17) is 9.47 Å². The minimum atomic E-state index is -3.80. The Bertz CT molecular complexity index is 1010. The highest BCUT2D eigenvalue weighted by atomic mass is 32.2. The molecule has 1 amide bonds. The molecule has 1 fully saturated rings. The number of ether oxygens (including phenoxy) is 2. The first-order chi connectivity index (χ1) is 14.3. The lowest BCUT2D eigenvalue weighted by Gasteiger charge is -2.19. The first-order valence-electron chi connectivity index (χ1n) is 9.92. The predicted octanol–water partition coefficient (Wildman–Crippen LogP) is 3.45. The molecule has 1 aliphatic rings. The van der Waals surface area contributed by atoms with Gasteiger partial charge < -0.3 is 14.8 Å². The van der Waals surface area contributed by atoms with E-state index in [2.05, 4.69) is 10.0 Å². The predicted molar refractivity (Wildman–Crippen MR) is 116 cm³/mol. The number of methoxy groups -OCH3 is 2. The molecule has 3 rings (SSSR count). The van der Waals surface area contributed by atoms with E-state index in [0.29, 0.717) is 17.2 Å². The second kappa shape index (κ2) is 8.55. The molecule has 0 unspecified atom stereocenters. The fraction of sp³-hybridized carbons (Fsp3) is 0.409. The number of amides is 1. The summed E-state index contributed by atoms with van der Waals surface area (Å²) in [7, 11) is -0.866. The van der Waals surface area contributed by atoms with Crippen LogP contribution in [0.4, 0.5) is 5.69 Å². The molecule has 162 valence electrons. The molecule has 0 spiro atoms. The number of carbonyl (C=O) groups excluding carboxylic acids is 1. The monoisotopic (exact) mass is 432 g/mol. The Kier molecular flexibility index (Phi) is 6.26. The molecule has 7 nitrogen and oxygen atoms in total. The number of hydrogen-bond acceptors (Lipinski definition) is 5. The minimum Gasteiger partial charge on any atom is -0.493 e. The Morgan fingerprint density at radius 1 is 1.07 bits per heavy atom. The fourth-order valence-electron chi connectivity index (χ4n) is 3.29. The van der Waals surface area contributed by atoms with Gasteiger partial charge >= 0.3 is 0 Å². The third-order valence-electron chi connectivity index (χ3n) is 5.53. The van der Waals surface area contributed by atoms with E-state index in [1.807, 2.05) is 26.0 Å². The van der Waals surface area contributed by atoms with Crippen LogP contribution in [0.1, 0.15) is 38.7 Å². The normalized spacial score (nSPS) is 15.7. The zero-order valence-corrected chi connectivity index (χ0v) is 18.5. The number of anilines is 1. The zero-order valence-electron chi connectivity index (χ0n) is 17.7. The van der Waals surface area contributed by atoms with Crippen LogP contribution in [-0.4, -0.2) is 34.6 Å². The van der Waals surface area contributed by atoms with Crippen LogP contribution in [0.15, 0.2) is 47.4 Å². The SMILES string of the molecule is CC[C@H](C)NC(=O)C1(c2ccc(NS(=O)(=O)c3ccc(OC)c(OC)c3)cc2)CC1. The molecule has 2 N–H and O–H groups in total. The summed E-state index contributed by atoms with van der Waals surface area (Å²) in [5.41, 5.74) is 0.827. The summed E-state index contributed by atoms with van der Waals surface area (Å²) in [4.78, 5) is 12.7. The first kappa shape index (κ1) is 22.0. The van der Waals surface area contributed by atoms with Crippen molar-refractivity contribution in [3.63, 3.8) is 0 Å². The number of benzene rings is 2. The topological polar surface area (TPSA) is 93.7 Å². The van der Waals surface area contributed by atoms with Gasteiger partial charge in [-0.2, -0.15) is 0 Å². The summed E-state index contributed by atoms with van der Waals surface area (Å²) in [6.07, 6.45) is 2.47. The standard InChI is InChI=1S/C22H28N2O5S/c1-5-15(2)23-21(25)22(12-13-22)16-6-8-17(9-7-16)24-30(26,27)18-10-11-19(28-3)20(14-18)29-4/h6-11,14-15,24H,5,12-13H2,1-4H3,(H,23,25)/t15-/m0/s1. The molecule has 0 aromatic heterocycles. The summed E-state index contributed by atoms with van der Waals surface area (Å²) < 4.78 is 38.4. The molecular weight excluding hydrogens is 404 g/mol. The quantitative estimate of drug-likeness (QED) is 0.633. The van der Waals surface area contributed by atoms with Crippen molar-refractivity contribution < 1.29 is 22.7 Å². The number of hydrogen-bond donors (Lipinski definition) is 2. The van der Waals surface area contributed by atoms with Crippen LogP contribution in [0.5, 0.6) is 11.5 Å². The summed E-state index contributed by atoms with van der Waals surface area (Å²) in [5.74, 6) is 0.820. The van der Waals surface area contributed by atoms with Gasteiger partial charge in [0.2, 0.25) is 5.91 Å². The van der Waals surface area contributed by atoms with E-state index in [0.717, 1.165) is 24.8 Å². The lowest BCUT2D eigenvalue weighted by molar-refractivity contribution is -0.124. The van der Waals surface area contributed by atoms with Gasteiger partial charge in [-0.1, -0.05) is 19.1 Å². The van der Waals surface area contributed by atoms with Gasteiger partial charge in [-0.15, -0.1) is 0 Å². The van der Waals surface area contributed by atoms with Crippen molar-refractivity contribution >= 4 is 21.6 Å². The maximum atomic E-state index is 12.8. The lowest BCUT2D eigenvalue weighted by atomic mass is 9.94. The Labute approximate surface area is 177 Å². The van der Waals surface area contributed by atoms with Gasteiger partial charge in [0, 0.05) is 17.8 Å². The van der Waals surface area contributed by atoms with Crippen LogP contribution in [0.2, 0.25) is 0 Å². The summed E-state index contributed by atoms with van der Waals surface area (Å²) >= 11 is 0. The maximum Gasteiger partial charge on any atom is 0.262 e. The van der Waals surface area contributed by atoms with Crippen LogP contribution in [0, 0.1) is 0 Å². The lowest BCUT2D eigenvalue weighted by Crippen LogP contribution is -2.39. The van der Waals surface area contributed by atoms with E-state index in [9.17, 15) is 13.2 Å². The van der Waals surface area contributed by atoms with Crippen LogP contribution in [-0.2, 0) is 20.2 Å². The highest BCUT2D eigenvalue weighted by Gasteiger charge is 2.51. The molecule has 0 radical (unpaired) electrons. The Hall–Kier alpha value is -2.74. The van der Waals surface area contributed by atoms with Gasteiger partial charge in [0.05, 0.1) is 24.5 Å². The molecule has 2 aromatic rings. The van der Waals surface area contributed by atoms with Crippen molar-refractivity contribution in [3.8, 4) is 11.5 Å². The molecule has 1 aliphatic carbocycles. The van der Waals surface area contributed by atoms with Crippen LogP contribution < -0.4 is 19.5 Å². The molecule has 0 aliphatic heterocycles. The highest BCUT2D eigenvalue weighted by Crippen LogP contribution is 2.48. The molecular formula is C22H28N2O5S. The molecule has 2 aromatic carbocycles. The van der Waals surface area contributed by atoms with Crippen LogP contribution in [0.3, 0.4) is 0 Å². The molecule has 0 bridgehead atoms. The zero-order chi connectivity index (χ0) is 21.9. The van der Waals surface area contributed by atoms with E-state index >= 15 is 0 Å². The van der Waals surface area contributed by atoms with Crippen molar-refractivity contribution in [2.24, 2.45) is 0 Å². The second-order valence-corrected chi connectivity index (χ2v) is 9.25. The van der Waals surface area contributed by atoms with Crippen LogP contribution in [0.25, 0.3) is 0 Å². The molecule has 30 heavy (non-hydrogen) atoms. The summed E-state index contributed by atoms with van der Waals surface area (Å²) in [6, 6.07) is 11.5. The molecule has 1 saturated carbocycles. The number of sulfonamides is 1. The maximum absolute atomic E-state index is 12.8. The highest BCUT2D eigenvalue weighted by molar-refractivity contribution is 7.92. The smallest absolute Gasteiger partial charge is 0.262 e. The first-order valence-corrected chi connectivity index (χ1v) is 11.4. The van der Waals surface area contributed by atoms with Gasteiger partial charge in [0.1, 0.15) is 0 Å². The van der Waals surface area contributed by atoms with Gasteiger partial charge in [0.15, 0.2) is 11.5 Å². The van der Waals surface area contributed by atoms with Crippen molar-refractivity contribution in [2.45, 2.75) is 49.5 Å². The van der Waals surface area contributed by atoms with E-state index in [1.165, 1.54) is 26.4 Å². The van der Waals surface area contributed by atoms with Crippen molar-refractivity contribution in [1.29, 1.82) is 0 Å². The Balaban J connectivity index is 1.76. The number of nitrogens with one attached hydrogen (secondary N) is 2. The van der Waals surface area contributed by atoms with Crippen LogP contribution >= 0.6 is 0 Å². The summed E-state index contributed by atoms with van der Waals surface area (Å²) in [6.45, 7) is 4.02. The van der Waals surface area contributed by atoms with E-state index in [-0.39, 0.29) is 16.8 Å². The van der Waals surface area contributed by atoms with Crippen molar-refractivity contribution in [2.75, 3.05) is 18.9 Å². The van der Waals surface area contributed by atoms with Crippen molar-refractivity contribution in [1.82, 2.24) is 5.32 Å². The number of rotatable bonds is 9. The van der Waals surface area contributed by atoms with Gasteiger partial charge in [-0.05, 0) is 56.0 Å². The van der Waals surface area contributed by atoms with Gasteiger partial charge in [-0.25, -0.2) is 8.42 Å².